The second-order valence-electron chi connectivity index (χ2n) is 6.68. The molecule has 3 N–H and O–H groups in total. The zero-order valence-electron chi connectivity index (χ0n) is 16.0. The van der Waals surface area contributed by atoms with Crippen LogP contribution in [0.4, 0.5) is 21.8 Å². The van der Waals surface area contributed by atoms with Gasteiger partial charge in [-0.05, 0) is 29.3 Å². The number of benzene rings is 2. The van der Waals surface area contributed by atoms with Gasteiger partial charge in [-0.1, -0.05) is 12.1 Å². The highest BCUT2D eigenvalue weighted by Gasteiger charge is 2.26. The number of carbonyl (C=O) groups is 1. The molecule has 1 amide bonds. The molecule has 0 unspecified atom stereocenters. The Morgan fingerprint density at radius 1 is 1.33 bits per heavy atom. The van der Waals surface area contributed by atoms with Crippen molar-refractivity contribution in [2.45, 2.75) is 13.1 Å². The molecule has 0 fully saturated rings. The summed E-state index contributed by atoms with van der Waals surface area (Å²) in [5.74, 6) is -0.557. The monoisotopic (exact) mass is 404 g/mol. The van der Waals surface area contributed by atoms with Crippen molar-refractivity contribution in [3.63, 3.8) is 0 Å². The van der Waals surface area contributed by atoms with Gasteiger partial charge in [-0.3, -0.25) is 4.79 Å². The Morgan fingerprint density at radius 2 is 2.17 bits per heavy atom. The Balaban J connectivity index is 1.67. The fourth-order valence-corrected chi connectivity index (χ4v) is 3.40. The predicted octanol–water partition coefficient (Wildman–Crippen LogP) is 2.86. The molecule has 0 radical (unpaired) electrons. The number of carbonyl (C=O) groups excluding carboxylic acids is 1. The number of rotatable bonds is 5. The summed E-state index contributed by atoms with van der Waals surface area (Å²) in [6.45, 7) is 0.881. The van der Waals surface area contributed by atoms with E-state index in [1.165, 1.54) is 25.4 Å². The van der Waals surface area contributed by atoms with Crippen molar-refractivity contribution in [2.24, 2.45) is 5.73 Å². The van der Waals surface area contributed by atoms with E-state index in [-0.39, 0.29) is 17.3 Å². The zero-order chi connectivity index (χ0) is 21.3. The Hall–Kier alpha value is -4.19. The molecule has 8 nitrogen and oxygen atoms in total. The summed E-state index contributed by atoms with van der Waals surface area (Å²) < 4.78 is 18.9. The van der Waals surface area contributed by atoms with Crippen LogP contribution in [0.15, 0.2) is 42.6 Å². The smallest absolute Gasteiger partial charge is 0.254 e. The number of hydrogen-bond donors (Lipinski definition) is 2. The molecule has 4 rings (SSSR count). The van der Waals surface area contributed by atoms with Crippen LogP contribution in [-0.4, -0.2) is 23.0 Å². The van der Waals surface area contributed by atoms with Gasteiger partial charge in [-0.2, -0.15) is 10.2 Å². The minimum absolute atomic E-state index is 0.120. The maximum Gasteiger partial charge on any atom is 0.254 e. The third-order valence-electron chi connectivity index (χ3n) is 4.85. The summed E-state index contributed by atoms with van der Waals surface area (Å²) in [7, 11) is 1.38. The summed E-state index contributed by atoms with van der Waals surface area (Å²) in [5.41, 5.74) is 8.55. The number of amides is 1. The molecule has 0 aliphatic carbocycles. The largest absolute Gasteiger partial charge is 0.494 e. The molecule has 3 aromatic rings. The van der Waals surface area contributed by atoms with E-state index >= 15 is 0 Å². The molecule has 0 saturated heterocycles. The van der Waals surface area contributed by atoms with E-state index in [1.54, 1.807) is 12.1 Å². The maximum absolute atomic E-state index is 14.0. The first-order valence-electron chi connectivity index (χ1n) is 9.03. The molecule has 2 heterocycles. The zero-order valence-corrected chi connectivity index (χ0v) is 16.0. The Labute approximate surface area is 171 Å². The standard InChI is InChI=1S/C21H17FN6O2/c1-30-18-6-5-14(7-17(18)22)26-21-25-9-15(19(24)29)20(27-21)28-10-13-4-2-3-12(8-23)16(13)11-28/h2-7,9H,10-11H2,1H3,(H2,24,29)(H,25,26,27). The van der Waals surface area contributed by atoms with Gasteiger partial charge in [0.05, 0.1) is 18.7 Å². The fourth-order valence-electron chi connectivity index (χ4n) is 3.40. The number of fused-ring (bicyclic) bond motifs is 1. The normalized spacial score (nSPS) is 12.2. The van der Waals surface area contributed by atoms with Gasteiger partial charge in [0.25, 0.3) is 5.91 Å². The third kappa shape index (κ3) is 3.46. The third-order valence-corrected chi connectivity index (χ3v) is 4.85. The number of nitrogens with zero attached hydrogens (tertiary/aromatic N) is 4. The lowest BCUT2D eigenvalue weighted by Crippen LogP contribution is -2.23. The minimum atomic E-state index is -0.663. The van der Waals surface area contributed by atoms with Crippen LogP contribution < -0.4 is 20.7 Å². The van der Waals surface area contributed by atoms with Crippen LogP contribution in [0, 0.1) is 17.1 Å². The lowest BCUT2D eigenvalue weighted by atomic mass is 10.1. The highest BCUT2D eigenvalue weighted by Crippen LogP contribution is 2.32. The van der Waals surface area contributed by atoms with Gasteiger partial charge < -0.3 is 20.7 Å². The molecule has 1 aromatic heterocycles. The van der Waals surface area contributed by atoms with Crippen LogP contribution in [0.25, 0.3) is 0 Å². The van der Waals surface area contributed by atoms with Crippen molar-refractivity contribution in [1.82, 2.24) is 9.97 Å². The molecule has 0 saturated carbocycles. The number of ether oxygens (including phenoxy) is 1. The van der Waals surface area contributed by atoms with Crippen molar-refractivity contribution < 1.29 is 13.9 Å². The number of aromatic nitrogens is 2. The average molecular weight is 404 g/mol. The van der Waals surface area contributed by atoms with E-state index in [0.29, 0.717) is 30.2 Å². The molecule has 150 valence electrons. The predicted molar refractivity (Wildman–Crippen MR) is 108 cm³/mol. The number of halogens is 1. The van der Waals surface area contributed by atoms with Crippen LogP contribution in [0.3, 0.4) is 0 Å². The number of nitriles is 1. The summed E-state index contributed by atoms with van der Waals surface area (Å²) in [6.07, 6.45) is 1.33. The molecular formula is C21H17FN6O2. The van der Waals surface area contributed by atoms with Gasteiger partial charge in [-0.15, -0.1) is 0 Å². The minimum Gasteiger partial charge on any atom is -0.494 e. The van der Waals surface area contributed by atoms with Gasteiger partial charge in [0.1, 0.15) is 11.4 Å². The van der Waals surface area contributed by atoms with Gasteiger partial charge in [-0.25, -0.2) is 9.37 Å². The first-order chi connectivity index (χ1) is 14.5. The van der Waals surface area contributed by atoms with E-state index < -0.39 is 11.7 Å². The van der Waals surface area contributed by atoms with Crippen LogP contribution in [0.5, 0.6) is 5.75 Å². The van der Waals surface area contributed by atoms with E-state index in [2.05, 4.69) is 21.4 Å². The van der Waals surface area contributed by atoms with E-state index in [0.717, 1.165) is 11.1 Å². The quantitative estimate of drug-likeness (QED) is 0.671. The Bertz CT molecular complexity index is 1190. The van der Waals surface area contributed by atoms with Crippen molar-refractivity contribution in [3.05, 3.63) is 70.7 Å². The number of anilines is 3. The SMILES string of the molecule is COc1ccc(Nc2ncc(C(N)=O)c(N3Cc4cccc(C#N)c4C3)n2)cc1F. The molecule has 0 bridgehead atoms. The second kappa shape index (κ2) is 7.67. The van der Waals surface area contributed by atoms with Crippen LogP contribution in [0.2, 0.25) is 0 Å². The van der Waals surface area contributed by atoms with Crippen molar-refractivity contribution in [1.29, 1.82) is 5.26 Å². The average Bonchev–Trinajstić information content (AvgIpc) is 3.18. The van der Waals surface area contributed by atoms with Gasteiger partial charge >= 0.3 is 0 Å². The number of hydrogen-bond acceptors (Lipinski definition) is 7. The number of nitrogens with two attached hydrogens (primary N) is 1. The summed E-state index contributed by atoms with van der Waals surface area (Å²) in [4.78, 5) is 22.4. The first-order valence-corrected chi connectivity index (χ1v) is 9.03. The van der Waals surface area contributed by atoms with E-state index in [9.17, 15) is 14.4 Å². The molecule has 1 aliphatic rings. The Morgan fingerprint density at radius 3 is 2.87 bits per heavy atom. The second-order valence-corrected chi connectivity index (χ2v) is 6.68. The van der Waals surface area contributed by atoms with E-state index in [1.807, 2.05) is 17.0 Å². The number of methoxy groups -OCH3 is 1. The molecule has 2 aromatic carbocycles. The highest BCUT2D eigenvalue weighted by atomic mass is 19.1. The lowest BCUT2D eigenvalue weighted by molar-refractivity contribution is 0.1000. The first kappa shape index (κ1) is 19.1. The van der Waals surface area contributed by atoms with Crippen LogP contribution in [-0.2, 0) is 13.1 Å². The van der Waals surface area contributed by atoms with Crippen LogP contribution >= 0.6 is 0 Å². The van der Waals surface area contributed by atoms with Gasteiger partial charge in [0.2, 0.25) is 5.95 Å². The van der Waals surface area contributed by atoms with Crippen molar-refractivity contribution in [2.75, 3.05) is 17.3 Å². The van der Waals surface area contributed by atoms with Gasteiger partial charge in [0.15, 0.2) is 11.6 Å². The summed E-state index contributed by atoms with van der Waals surface area (Å²) in [5, 5.41) is 12.3. The van der Waals surface area contributed by atoms with E-state index in [4.69, 9.17) is 10.5 Å². The van der Waals surface area contributed by atoms with Crippen molar-refractivity contribution >= 4 is 23.4 Å². The molecular weight excluding hydrogens is 387 g/mol. The number of primary amides is 1. The topological polar surface area (TPSA) is 117 Å². The maximum atomic E-state index is 14.0. The lowest BCUT2D eigenvalue weighted by Gasteiger charge is -2.19. The van der Waals surface area contributed by atoms with Gasteiger partial charge in [0, 0.05) is 31.0 Å². The Kier molecular flexibility index (Phi) is 4.90. The molecule has 30 heavy (non-hydrogen) atoms. The fraction of sp³-hybridized carbons (Fsp3) is 0.143. The van der Waals surface area contributed by atoms with Crippen molar-refractivity contribution in [3.8, 4) is 11.8 Å². The summed E-state index contributed by atoms with van der Waals surface area (Å²) in [6, 6.07) is 12.1. The highest BCUT2D eigenvalue weighted by molar-refractivity contribution is 5.97. The number of nitrogens with one attached hydrogen (secondary N) is 1. The van der Waals surface area contributed by atoms with Crippen LogP contribution in [0.1, 0.15) is 27.0 Å². The summed E-state index contributed by atoms with van der Waals surface area (Å²) >= 11 is 0. The molecule has 0 atom stereocenters. The molecule has 1 aliphatic heterocycles. The molecule has 9 heteroatoms. The molecule has 0 spiro atoms.